The Balaban J connectivity index is 2.28. The molecule has 0 aliphatic rings. The number of halogens is 1. The SMILES string of the molecule is CC(C)C(CNC(=O)CSCc1ccc(F)cc1)C(=O)O. The van der Waals surface area contributed by atoms with Gasteiger partial charge >= 0.3 is 5.97 Å². The number of thioether (sulfide) groups is 1. The Labute approximate surface area is 128 Å². The molecule has 0 saturated heterocycles. The molecule has 1 aromatic rings. The number of carbonyl (C=O) groups is 2. The van der Waals surface area contributed by atoms with Crippen LogP contribution in [0, 0.1) is 17.7 Å². The number of nitrogens with one attached hydrogen (secondary N) is 1. The fraction of sp³-hybridized carbons (Fsp3) is 0.467. The molecule has 4 nitrogen and oxygen atoms in total. The number of carboxylic acid groups (broad SMARTS) is 1. The first-order valence-electron chi connectivity index (χ1n) is 6.72. The zero-order valence-corrected chi connectivity index (χ0v) is 13.0. The molecular weight excluding hydrogens is 293 g/mol. The minimum atomic E-state index is -0.899. The van der Waals surface area contributed by atoms with Crippen LogP contribution in [0.25, 0.3) is 0 Å². The standard InChI is InChI=1S/C15H20FNO3S/c1-10(2)13(15(19)20)7-17-14(18)9-21-8-11-3-5-12(16)6-4-11/h3-6,10,13H,7-9H2,1-2H3,(H,17,18)(H,19,20). The number of carbonyl (C=O) groups excluding carboxylic acids is 1. The first kappa shape index (κ1) is 17.5. The monoisotopic (exact) mass is 313 g/mol. The molecule has 116 valence electrons. The van der Waals surface area contributed by atoms with E-state index in [2.05, 4.69) is 5.32 Å². The molecule has 1 atom stereocenters. The summed E-state index contributed by atoms with van der Waals surface area (Å²) in [4.78, 5) is 22.6. The van der Waals surface area contributed by atoms with Gasteiger partial charge in [-0.25, -0.2) is 4.39 Å². The number of amides is 1. The molecule has 0 heterocycles. The second-order valence-electron chi connectivity index (χ2n) is 5.11. The van der Waals surface area contributed by atoms with Crippen LogP contribution in [0.1, 0.15) is 19.4 Å². The maximum Gasteiger partial charge on any atom is 0.308 e. The van der Waals surface area contributed by atoms with Crippen molar-refractivity contribution in [2.45, 2.75) is 19.6 Å². The number of carboxylic acids is 1. The predicted molar refractivity (Wildman–Crippen MR) is 81.5 cm³/mol. The van der Waals surface area contributed by atoms with E-state index in [-0.39, 0.29) is 29.9 Å². The molecule has 0 aliphatic carbocycles. The van der Waals surface area contributed by atoms with Crippen LogP contribution >= 0.6 is 11.8 Å². The van der Waals surface area contributed by atoms with Crippen molar-refractivity contribution < 1.29 is 19.1 Å². The number of benzene rings is 1. The molecule has 0 spiro atoms. The number of hydrogen-bond donors (Lipinski definition) is 2. The lowest BCUT2D eigenvalue weighted by atomic mass is 9.96. The van der Waals surface area contributed by atoms with Gasteiger partial charge in [0, 0.05) is 12.3 Å². The van der Waals surface area contributed by atoms with Crippen molar-refractivity contribution in [1.82, 2.24) is 5.32 Å². The summed E-state index contributed by atoms with van der Waals surface area (Å²) in [5.74, 6) is -1.11. The summed E-state index contributed by atoms with van der Waals surface area (Å²) in [5.41, 5.74) is 0.944. The third-order valence-corrected chi connectivity index (χ3v) is 4.06. The van der Waals surface area contributed by atoms with Gasteiger partial charge in [0.05, 0.1) is 11.7 Å². The van der Waals surface area contributed by atoms with E-state index < -0.39 is 11.9 Å². The van der Waals surface area contributed by atoms with Crippen molar-refractivity contribution in [1.29, 1.82) is 0 Å². The normalized spacial score (nSPS) is 12.2. The molecule has 0 saturated carbocycles. The fourth-order valence-corrected chi connectivity index (χ4v) is 2.54. The first-order chi connectivity index (χ1) is 9.90. The summed E-state index contributed by atoms with van der Waals surface area (Å²) >= 11 is 1.41. The van der Waals surface area contributed by atoms with Crippen LogP contribution in [0.15, 0.2) is 24.3 Å². The second-order valence-corrected chi connectivity index (χ2v) is 6.10. The fourth-order valence-electron chi connectivity index (χ4n) is 1.73. The van der Waals surface area contributed by atoms with Crippen molar-refractivity contribution in [3.63, 3.8) is 0 Å². The molecule has 0 aromatic heterocycles. The van der Waals surface area contributed by atoms with E-state index in [1.165, 1.54) is 23.9 Å². The van der Waals surface area contributed by atoms with Gasteiger partial charge in [-0.3, -0.25) is 9.59 Å². The van der Waals surface area contributed by atoms with Gasteiger partial charge in [-0.15, -0.1) is 11.8 Å². The molecule has 0 radical (unpaired) electrons. The molecular formula is C15H20FNO3S. The molecule has 0 aliphatic heterocycles. The van der Waals surface area contributed by atoms with Gasteiger partial charge in [0.15, 0.2) is 0 Å². The highest BCUT2D eigenvalue weighted by atomic mass is 32.2. The Hall–Kier alpha value is -1.56. The van der Waals surface area contributed by atoms with Crippen molar-refractivity contribution in [2.24, 2.45) is 11.8 Å². The average molecular weight is 313 g/mol. The minimum absolute atomic E-state index is 0.0327. The Morgan fingerprint density at radius 3 is 2.43 bits per heavy atom. The summed E-state index contributed by atoms with van der Waals surface area (Å²) in [7, 11) is 0. The maximum atomic E-state index is 12.7. The maximum absolute atomic E-state index is 12.7. The van der Waals surface area contributed by atoms with Crippen molar-refractivity contribution >= 4 is 23.6 Å². The topological polar surface area (TPSA) is 66.4 Å². The Morgan fingerprint density at radius 1 is 1.29 bits per heavy atom. The molecule has 2 N–H and O–H groups in total. The van der Waals surface area contributed by atoms with Gasteiger partial charge in [0.1, 0.15) is 5.82 Å². The van der Waals surface area contributed by atoms with Gasteiger partial charge in [-0.05, 0) is 23.6 Å². The first-order valence-corrected chi connectivity index (χ1v) is 7.87. The number of rotatable bonds is 8. The van der Waals surface area contributed by atoms with Gasteiger partial charge in [-0.1, -0.05) is 26.0 Å². The molecule has 0 fully saturated rings. The summed E-state index contributed by atoms with van der Waals surface area (Å²) in [5, 5.41) is 11.7. The summed E-state index contributed by atoms with van der Waals surface area (Å²) in [6.07, 6.45) is 0. The van der Waals surface area contributed by atoms with Crippen molar-refractivity contribution in [2.75, 3.05) is 12.3 Å². The summed E-state index contributed by atoms with van der Waals surface area (Å²) in [6.45, 7) is 3.77. The molecule has 6 heteroatoms. The van der Waals surface area contributed by atoms with Crippen LogP contribution < -0.4 is 5.32 Å². The Morgan fingerprint density at radius 2 is 1.90 bits per heavy atom. The van der Waals surface area contributed by atoms with Gasteiger partial charge in [-0.2, -0.15) is 0 Å². The second kappa shape index (κ2) is 8.67. The average Bonchev–Trinajstić information content (AvgIpc) is 2.40. The van der Waals surface area contributed by atoms with E-state index >= 15 is 0 Å². The van der Waals surface area contributed by atoms with Crippen molar-refractivity contribution in [3.05, 3.63) is 35.6 Å². The van der Waals surface area contributed by atoms with Crippen molar-refractivity contribution in [3.8, 4) is 0 Å². The highest BCUT2D eigenvalue weighted by Crippen LogP contribution is 2.13. The lowest BCUT2D eigenvalue weighted by molar-refractivity contribution is -0.143. The van der Waals surface area contributed by atoms with E-state index in [1.54, 1.807) is 12.1 Å². The minimum Gasteiger partial charge on any atom is -0.481 e. The quantitative estimate of drug-likeness (QED) is 0.774. The Bertz CT molecular complexity index is 476. The smallest absolute Gasteiger partial charge is 0.308 e. The van der Waals surface area contributed by atoms with Crippen LogP contribution in [0.4, 0.5) is 4.39 Å². The predicted octanol–water partition coefficient (Wildman–Crippen LogP) is 2.53. The van der Waals surface area contributed by atoms with Crippen LogP contribution in [0.3, 0.4) is 0 Å². The molecule has 1 rings (SSSR count). The molecule has 1 aromatic carbocycles. The zero-order valence-electron chi connectivity index (χ0n) is 12.1. The lowest BCUT2D eigenvalue weighted by Crippen LogP contribution is -2.36. The number of aliphatic carboxylic acids is 1. The van der Waals surface area contributed by atoms with Gasteiger partial charge < -0.3 is 10.4 Å². The highest BCUT2D eigenvalue weighted by molar-refractivity contribution is 7.99. The third-order valence-electron chi connectivity index (χ3n) is 3.06. The van der Waals surface area contributed by atoms with E-state index in [1.807, 2.05) is 13.8 Å². The van der Waals surface area contributed by atoms with Gasteiger partial charge in [0.2, 0.25) is 5.91 Å². The highest BCUT2D eigenvalue weighted by Gasteiger charge is 2.21. The van der Waals surface area contributed by atoms with E-state index in [0.717, 1.165) is 5.56 Å². The summed E-state index contributed by atoms with van der Waals surface area (Å²) in [6, 6.07) is 6.13. The van der Waals surface area contributed by atoms with Crippen LogP contribution in [-0.4, -0.2) is 29.3 Å². The Kier molecular flexibility index (Phi) is 7.22. The summed E-state index contributed by atoms with van der Waals surface area (Å²) < 4.78 is 12.7. The molecule has 0 bridgehead atoms. The number of hydrogen-bond acceptors (Lipinski definition) is 3. The molecule has 21 heavy (non-hydrogen) atoms. The van der Waals surface area contributed by atoms with E-state index in [4.69, 9.17) is 5.11 Å². The van der Waals surface area contributed by atoms with Gasteiger partial charge in [0.25, 0.3) is 0 Å². The lowest BCUT2D eigenvalue weighted by Gasteiger charge is -2.16. The molecule has 1 amide bonds. The molecule has 1 unspecified atom stereocenters. The van der Waals surface area contributed by atoms with E-state index in [0.29, 0.717) is 5.75 Å². The van der Waals surface area contributed by atoms with Crippen LogP contribution in [0.5, 0.6) is 0 Å². The van der Waals surface area contributed by atoms with E-state index in [9.17, 15) is 14.0 Å². The largest absolute Gasteiger partial charge is 0.481 e. The van der Waals surface area contributed by atoms with Crippen LogP contribution in [0.2, 0.25) is 0 Å². The zero-order chi connectivity index (χ0) is 15.8. The third kappa shape index (κ3) is 6.62. The van der Waals surface area contributed by atoms with Crippen LogP contribution in [-0.2, 0) is 15.3 Å².